The summed E-state index contributed by atoms with van der Waals surface area (Å²) in [6.45, 7) is 4.98. The Morgan fingerprint density at radius 1 is 1.30 bits per heavy atom. The first-order valence-corrected chi connectivity index (χ1v) is 7.21. The molecule has 1 aliphatic carbocycles. The molecule has 1 aromatic carbocycles. The van der Waals surface area contributed by atoms with Crippen LogP contribution in [0.2, 0.25) is 0 Å². The summed E-state index contributed by atoms with van der Waals surface area (Å²) >= 11 is 0. The Morgan fingerprint density at radius 3 is 2.95 bits per heavy atom. The number of ether oxygens (including phenoxy) is 1. The zero-order valence-corrected chi connectivity index (χ0v) is 12.1. The van der Waals surface area contributed by atoms with Crippen LogP contribution in [0.3, 0.4) is 0 Å². The molecule has 3 nitrogen and oxygen atoms in total. The minimum Gasteiger partial charge on any atom is -0.494 e. The molecular weight excluding hydrogens is 248 g/mol. The molecule has 3 heteroatoms. The lowest BCUT2D eigenvalue weighted by molar-refractivity contribution is 0.336. The van der Waals surface area contributed by atoms with E-state index in [2.05, 4.69) is 35.1 Å². The molecule has 0 amide bonds. The maximum atomic E-state index is 5.75. The van der Waals surface area contributed by atoms with Gasteiger partial charge in [-0.1, -0.05) is 17.7 Å². The van der Waals surface area contributed by atoms with Crippen LogP contribution in [-0.2, 0) is 12.8 Å². The maximum Gasteiger partial charge on any atom is 0.123 e. The van der Waals surface area contributed by atoms with Crippen molar-refractivity contribution in [3.05, 3.63) is 53.1 Å². The van der Waals surface area contributed by atoms with E-state index in [0.717, 1.165) is 37.3 Å². The van der Waals surface area contributed by atoms with Gasteiger partial charge < -0.3 is 9.72 Å². The molecule has 0 unspecified atom stereocenters. The number of nitrogens with zero attached hydrogens (tertiary/aromatic N) is 1. The van der Waals surface area contributed by atoms with Gasteiger partial charge in [-0.25, -0.2) is 4.98 Å². The summed E-state index contributed by atoms with van der Waals surface area (Å²) in [5.41, 5.74) is 6.68. The fourth-order valence-corrected chi connectivity index (χ4v) is 2.95. The van der Waals surface area contributed by atoms with Crippen LogP contribution in [0.4, 0.5) is 0 Å². The van der Waals surface area contributed by atoms with E-state index in [1.165, 1.54) is 22.3 Å². The van der Waals surface area contributed by atoms with E-state index in [0.29, 0.717) is 0 Å². The average molecular weight is 268 g/mol. The lowest BCUT2D eigenvalue weighted by Crippen LogP contribution is -2.08. The van der Waals surface area contributed by atoms with Crippen LogP contribution in [0.25, 0.3) is 5.57 Å². The molecular formula is C17H20N2O. The van der Waals surface area contributed by atoms with E-state index in [1.807, 2.05) is 13.1 Å². The van der Waals surface area contributed by atoms with Gasteiger partial charge in [0.25, 0.3) is 0 Å². The van der Waals surface area contributed by atoms with E-state index in [9.17, 15) is 0 Å². The first kappa shape index (κ1) is 13.0. The van der Waals surface area contributed by atoms with E-state index >= 15 is 0 Å². The van der Waals surface area contributed by atoms with Gasteiger partial charge in [-0.05, 0) is 43.9 Å². The largest absolute Gasteiger partial charge is 0.494 e. The summed E-state index contributed by atoms with van der Waals surface area (Å²) in [5, 5.41) is 0. The molecule has 3 rings (SSSR count). The smallest absolute Gasteiger partial charge is 0.123 e. The monoisotopic (exact) mass is 268 g/mol. The minimum absolute atomic E-state index is 0.722. The first-order chi connectivity index (χ1) is 9.79. The third-order valence-corrected chi connectivity index (χ3v) is 3.99. The molecule has 0 saturated heterocycles. The first-order valence-electron chi connectivity index (χ1n) is 7.21. The zero-order chi connectivity index (χ0) is 13.9. The number of rotatable bonds is 4. The molecule has 1 N–H and O–H groups in total. The van der Waals surface area contributed by atoms with Gasteiger partial charge in [-0.3, -0.25) is 0 Å². The number of hydrogen-bond donors (Lipinski definition) is 1. The highest BCUT2D eigenvalue weighted by molar-refractivity contribution is 5.73. The molecule has 1 aromatic heterocycles. The second-order valence-corrected chi connectivity index (χ2v) is 5.18. The Kier molecular flexibility index (Phi) is 3.59. The van der Waals surface area contributed by atoms with E-state index in [-0.39, 0.29) is 0 Å². The van der Waals surface area contributed by atoms with E-state index in [1.54, 1.807) is 6.33 Å². The SMILES string of the molecule is CCOc1cccc2c1CCC(Cc1c[nH]cn1)=C2C. The van der Waals surface area contributed by atoms with Crippen LogP contribution in [0.1, 0.15) is 37.1 Å². The summed E-state index contributed by atoms with van der Waals surface area (Å²) in [7, 11) is 0. The second kappa shape index (κ2) is 5.53. The fourth-order valence-electron chi connectivity index (χ4n) is 2.95. The molecule has 0 fully saturated rings. The van der Waals surface area contributed by atoms with Gasteiger partial charge in [0.1, 0.15) is 5.75 Å². The Bertz CT molecular complexity index is 626. The normalized spacial score (nSPS) is 14.3. The lowest BCUT2D eigenvalue weighted by atomic mass is 9.84. The molecule has 1 aliphatic rings. The molecule has 0 spiro atoms. The van der Waals surface area contributed by atoms with Gasteiger partial charge in [0.15, 0.2) is 0 Å². The van der Waals surface area contributed by atoms with Gasteiger partial charge in [-0.15, -0.1) is 0 Å². The molecule has 20 heavy (non-hydrogen) atoms. The van der Waals surface area contributed by atoms with Crippen LogP contribution >= 0.6 is 0 Å². The Balaban J connectivity index is 1.95. The molecule has 2 aromatic rings. The number of aromatic amines is 1. The van der Waals surface area contributed by atoms with Gasteiger partial charge in [0.05, 0.1) is 18.6 Å². The number of benzene rings is 1. The summed E-state index contributed by atoms with van der Waals surface area (Å²) in [4.78, 5) is 7.36. The minimum atomic E-state index is 0.722. The third kappa shape index (κ3) is 2.36. The van der Waals surface area contributed by atoms with Gasteiger partial charge in [0, 0.05) is 18.2 Å². The van der Waals surface area contributed by atoms with Crippen LogP contribution < -0.4 is 4.74 Å². The molecule has 0 atom stereocenters. The maximum absolute atomic E-state index is 5.75. The predicted molar refractivity (Wildman–Crippen MR) is 80.8 cm³/mol. The number of aromatic nitrogens is 2. The van der Waals surface area contributed by atoms with Crippen LogP contribution in [-0.4, -0.2) is 16.6 Å². The highest BCUT2D eigenvalue weighted by Crippen LogP contribution is 2.37. The quantitative estimate of drug-likeness (QED) is 0.916. The molecule has 0 radical (unpaired) electrons. The van der Waals surface area contributed by atoms with E-state index in [4.69, 9.17) is 4.74 Å². The predicted octanol–water partition coefficient (Wildman–Crippen LogP) is 3.77. The van der Waals surface area contributed by atoms with Crippen molar-refractivity contribution in [2.45, 2.75) is 33.1 Å². The van der Waals surface area contributed by atoms with Crippen molar-refractivity contribution in [3.8, 4) is 5.75 Å². The molecule has 0 aliphatic heterocycles. The number of hydrogen-bond acceptors (Lipinski definition) is 2. The second-order valence-electron chi connectivity index (χ2n) is 5.18. The van der Waals surface area contributed by atoms with Crippen LogP contribution in [0.15, 0.2) is 36.3 Å². The summed E-state index contributed by atoms with van der Waals surface area (Å²) in [6.07, 6.45) is 6.81. The average Bonchev–Trinajstić information content (AvgIpc) is 2.96. The van der Waals surface area contributed by atoms with Gasteiger partial charge in [-0.2, -0.15) is 0 Å². The van der Waals surface area contributed by atoms with Crippen molar-refractivity contribution in [3.63, 3.8) is 0 Å². The Hall–Kier alpha value is -2.03. The third-order valence-electron chi connectivity index (χ3n) is 3.99. The zero-order valence-electron chi connectivity index (χ0n) is 12.1. The molecule has 0 saturated carbocycles. The number of allylic oxidation sites excluding steroid dienone is 2. The van der Waals surface area contributed by atoms with Crippen LogP contribution in [0.5, 0.6) is 5.75 Å². The summed E-state index contributed by atoms with van der Waals surface area (Å²) in [6, 6.07) is 6.37. The summed E-state index contributed by atoms with van der Waals surface area (Å²) in [5.74, 6) is 1.04. The van der Waals surface area contributed by atoms with E-state index < -0.39 is 0 Å². The molecule has 1 heterocycles. The van der Waals surface area contributed by atoms with Gasteiger partial charge in [0.2, 0.25) is 0 Å². The van der Waals surface area contributed by atoms with Crippen LogP contribution in [0, 0.1) is 0 Å². The Labute approximate surface area is 119 Å². The van der Waals surface area contributed by atoms with Crippen molar-refractivity contribution in [1.82, 2.24) is 9.97 Å². The standard InChI is InChI=1S/C17H20N2O/c1-3-20-17-6-4-5-15-12(2)13(7-8-16(15)17)9-14-10-18-11-19-14/h4-6,10-11H,3,7-9H2,1-2H3,(H,18,19). The van der Waals surface area contributed by atoms with Crippen molar-refractivity contribution >= 4 is 5.57 Å². The van der Waals surface area contributed by atoms with Gasteiger partial charge >= 0.3 is 0 Å². The highest BCUT2D eigenvalue weighted by atomic mass is 16.5. The highest BCUT2D eigenvalue weighted by Gasteiger charge is 2.19. The number of fused-ring (bicyclic) bond motifs is 1. The number of nitrogens with one attached hydrogen (secondary N) is 1. The number of H-pyrrole nitrogens is 1. The van der Waals surface area contributed by atoms with Crippen molar-refractivity contribution in [2.24, 2.45) is 0 Å². The molecule has 0 bridgehead atoms. The van der Waals surface area contributed by atoms with Crippen molar-refractivity contribution in [2.75, 3.05) is 6.61 Å². The lowest BCUT2D eigenvalue weighted by Gasteiger charge is -2.23. The fraction of sp³-hybridized carbons (Fsp3) is 0.353. The van der Waals surface area contributed by atoms with Crippen molar-refractivity contribution < 1.29 is 4.74 Å². The summed E-state index contributed by atoms with van der Waals surface area (Å²) < 4.78 is 5.75. The van der Waals surface area contributed by atoms with Crippen molar-refractivity contribution in [1.29, 1.82) is 0 Å². The topological polar surface area (TPSA) is 37.9 Å². The Morgan fingerprint density at radius 2 is 2.20 bits per heavy atom. The molecule has 104 valence electrons. The number of imidazole rings is 1.